The van der Waals surface area contributed by atoms with Gasteiger partial charge in [0, 0.05) is 18.5 Å². The van der Waals surface area contributed by atoms with Crippen molar-refractivity contribution >= 4 is 28.6 Å². The fraction of sp³-hybridized carbons (Fsp3) is 0.333. The fourth-order valence-electron chi connectivity index (χ4n) is 1.94. The van der Waals surface area contributed by atoms with Gasteiger partial charge in [-0.1, -0.05) is 11.8 Å². The summed E-state index contributed by atoms with van der Waals surface area (Å²) in [4.78, 5) is 16.0. The number of thioether (sulfide) groups is 1. The second-order valence-corrected chi connectivity index (χ2v) is 5.44. The first kappa shape index (κ1) is 15.4. The van der Waals surface area contributed by atoms with Gasteiger partial charge in [0.1, 0.15) is 5.03 Å². The lowest BCUT2D eigenvalue weighted by Crippen LogP contribution is -2.19. The molecule has 1 N–H and O–H groups in total. The molecule has 1 aromatic heterocycles. The number of rotatable bonds is 5. The van der Waals surface area contributed by atoms with Crippen molar-refractivity contribution in [1.82, 2.24) is 10.3 Å². The Hall–Kier alpha value is -1.95. The molecule has 6 heteroatoms. The van der Waals surface area contributed by atoms with Crippen LogP contribution < -0.4 is 14.8 Å². The van der Waals surface area contributed by atoms with Crippen molar-refractivity contribution in [3.63, 3.8) is 0 Å². The van der Waals surface area contributed by atoms with Gasteiger partial charge in [0.2, 0.25) is 5.91 Å². The number of amides is 1. The zero-order chi connectivity index (χ0) is 15.4. The molecule has 0 aliphatic carbocycles. The summed E-state index contributed by atoms with van der Waals surface area (Å²) in [5, 5.41) is 4.43. The Morgan fingerprint density at radius 3 is 2.52 bits per heavy atom. The van der Waals surface area contributed by atoms with Gasteiger partial charge in [0.05, 0.1) is 25.5 Å². The van der Waals surface area contributed by atoms with E-state index in [9.17, 15) is 4.79 Å². The highest BCUT2D eigenvalue weighted by Gasteiger charge is 2.11. The van der Waals surface area contributed by atoms with Gasteiger partial charge in [-0.15, -0.1) is 0 Å². The number of fused-ring (bicyclic) bond motifs is 1. The highest BCUT2D eigenvalue weighted by molar-refractivity contribution is 7.99. The molecule has 21 heavy (non-hydrogen) atoms. The maximum Gasteiger partial charge on any atom is 0.230 e. The molecule has 1 aromatic carbocycles. The van der Waals surface area contributed by atoms with Crippen molar-refractivity contribution in [2.75, 3.05) is 27.0 Å². The van der Waals surface area contributed by atoms with E-state index in [1.54, 1.807) is 21.3 Å². The second kappa shape index (κ2) is 6.67. The lowest BCUT2D eigenvalue weighted by atomic mass is 10.1. The quantitative estimate of drug-likeness (QED) is 0.860. The third-order valence-electron chi connectivity index (χ3n) is 3.08. The van der Waals surface area contributed by atoms with E-state index in [4.69, 9.17) is 9.47 Å². The van der Waals surface area contributed by atoms with Gasteiger partial charge in [-0.3, -0.25) is 4.79 Å². The smallest absolute Gasteiger partial charge is 0.230 e. The van der Waals surface area contributed by atoms with E-state index in [2.05, 4.69) is 10.3 Å². The number of ether oxygens (including phenoxy) is 2. The van der Waals surface area contributed by atoms with Crippen molar-refractivity contribution < 1.29 is 14.3 Å². The lowest BCUT2D eigenvalue weighted by molar-refractivity contribution is -0.118. The van der Waals surface area contributed by atoms with E-state index in [1.807, 2.05) is 25.1 Å². The van der Waals surface area contributed by atoms with Crippen LogP contribution in [0, 0.1) is 6.92 Å². The summed E-state index contributed by atoms with van der Waals surface area (Å²) in [5.74, 6) is 1.65. The molecule has 0 unspecified atom stereocenters. The van der Waals surface area contributed by atoms with Crippen LogP contribution in [0.3, 0.4) is 0 Å². The summed E-state index contributed by atoms with van der Waals surface area (Å²) in [7, 11) is 4.83. The third-order valence-corrected chi connectivity index (χ3v) is 4.18. The number of carbonyl (C=O) groups excluding carboxylic acids is 1. The normalized spacial score (nSPS) is 10.5. The molecule has 2 aromatic rings. The number of hydrogen-bond donors (Lipinski definition) is 1. The topological polar surface area (TPSA) is 60.5 Å². The Morgan fingerprint density at radius 1 is 1.24 bits per heavy atom. The lowest BCUT2D eigenvalue weighted by Gasteiger charge is -2.11. The van der Waals surface area contributed by atoms with Crippen LogP contribution in [0.1, 0.15) is 5.56 Å². The number of pyridine rings is 1. The third kappa shape index (κ3) is 3.39. The molecule has 5 nitrogen and oxygen atoms in total. The van der Waals surface area contributed by atoms with Crippen molar-refractivity contribution in [3.8, 4) is 11.5 Å². The average molecular weight is 306 g/mol. The van der Waals surface area contributed by atoms with E-state index in [0.29, 0.717) is 17.3 Å². The number of nitrogens with zero attached hydrogens (tertiary/aromatic N) is 1. The summed E-state index contributed by atoms with van der Waals surface area (Å²) in [5.41, 5.74) is 1.85. The number of methoxy groups -OCH3 is 2. The average Bonchev–Trinajstić information content (AvgIpc) is 2.51. The summed E-state index contributed by atoms with van der Waals surface area (Å²) >= 11 is 1.42. The zero-order valence-electron chi connectivity index (χ0n) is 12.5. The van der Waals surface area contributed by atoms with Gasteiger partial charge < -0.3 is 14.8 Å². The number of benzene rings is 1. The minimum Gasteiger partial charge on any atom is -0.493 e. The SMILES string of the molecule is CNC(=O)CSc1nc2cc(OC)c(OC)cc2cc1C. The summed E-state index contributed by atoms with van der Waals surface area (Å²) in [6.07, 6.45) is 0. The molecule has 0 bridgehead atoms. The van der Waals surface area contributed by atoms with Gasteiger partial charge in [-0.05, 0) is 24.6 Å². The van der Waals surface area contributed by atoms with E-state index in [0.717, 1.165) is 21.5 Å². The Kier molecular flexibility index (Phi) is 4.90. The molecule has 0 atom stereocenters. The monoisotopic (exact) mass is 306 g/mol. The van der Waals surface area contributed by atoms with Crippen LogP contribution in [0.15, 0.2) is 23.2 Å². The number of carbonyl (C=O) groups is 1. The summed E-state index contributed by atoms with van der Waals surface area (Å²) < 4.78 is 10.6. The molecule has 0 aliphatic rings. The van der Waals surface area contributed by atoms with Crippen LogP contribution in [0.2, 0.25) is 0 Å². The Morgan fingerprint density at radius 2 is 1.90 bits per heavy atom. The van der Waals surface area contributed by atoms with Crippen LogP contribution >= 0.6 is 11.8 Å². The molecular formula is C15H18N2O3S. The van der Waals surface area contributed by atoms with Gasteiger partial charge in [-0.2, -0.15) is 0 Å². The Balaban J connectivity index is 2.41. The summed E-state index contributed by atoms with van der Waals surface area (Å²) in [6.45, 7) is 1.98. The first-order chi connectivity index (χ1) is 10.1. The van der Waals surface area contributed by atoms with Crippen molar-refractivity contribution in [3.05, 3.63) is 23.8 Å². The first-order valence-corrected chi connectivity index (χ1v) is 7.44. The number of aromatic nitrogens is 1. The van der Waals surface area contributed by atoms with E-state index >= 15 is 0 Å². The molecular weight excluding hydrogens is 288 g/mol. The highest BCUT2D eigenvalue weighted by atomic mass is 32.2. The fourth-order valence-corrected chi connectivity index (χ4v) is 2.80. The maximum absolute atomic E-state index is 11.3. The van der Waals surface area contributed by atoms with Crippen LogP contribution in [0.4, 0.5) is 0 Å². The molecule has 0 saturated heterocycles. The first-order valence-electron chi connectivity index (χ1n) is 6.45. The standard InChI is InChI=1S/C15H18N2O3S/c1-9-5-10-6-12(19-3)13(20-4)7-11(10)17-15(9)21-8-14(18)16-2/h5-7H,8H2,1-4H3,(H,16,18). The maximum atomic E-state index is 11.3. The zero-order valence-corrected chi connectivity index (χ0v) is 13.3. The predicted molar refractivity (Wildman–Crippen MR) is 84.4 cm³/mol. The molecule has 1 amide bonds. The number of nitrogens with one attached hydrogen (secondary N) is 1. The Labute approximate surface area is 128 Å². The number of aryl methyl sites for hydroxylation is 1. The Bertz CT molecular complexity index is 674. The highest BCUT2D eigenvalue weighted by Crippen LogP contribution is 2.33. The molecule has 0 fully saturated rings. The summed E-state index contributed by atoms with van der Waals surface area (Å²) in [6, 6.07) is 5.79. The van der Waals surface area contributed by atoms with E-state index in [1.165, 1.54) is 11.8 Å². The van der Waals surface area contributed by atoms with Gasteiger partial charge in [0.25, 0.3) is 0 Å². The molecule has 0 saturated carbocycles. The molecule has 0 radical (unpaired) electrons. The van der Waals surface area contributed by atoms with E-state index in [-0.39, 0.29) is 5.91 Å². The van der Waals surface area contributed by atoms with E-state index < -0.39 is 0 Å². The van der Waals surface area contributed by atoms with Gasteiger partial charge in [-0.25, -0.2) is 4.98 Å². The largest absolute Gasteiger partial charge is 0.493 e. The van der Waals surface area contributed by atoms with Crippen molar-refractivity contribution in [1.29, 1.82) is 0 Å². The molecule has 1 heterocycles. The second-order valence-electron chi connectivity index (χ2n) is 4.47. The van der Waals surface area contributed by atoms with Gasteiger partial charge >= 0.3 is 0 Å². The predicted octanol–water partition coefficient (Wildman–Crippen LogP) is 2.40. The molecule has 0 spiro atoms. The number of hydrogen-bond acceptors (Lipinski definition) is 5. The minimum atomic E-state index is -0.0198. The molecule has 112 valence electrons. The molecule has 0 aliphatic heterocycles. The minimum absolute atomic E-state index is 0.0198. The van der Waals surface area contributed by atoms with Crippen LogP contribution in [-0.2, 0) is 4.79 Å². The van der Waals surface area contributed by atoms with Crippen LogP contribution in [0.5, 0.6) is 11.5 Å². The van der Waals surface area contributed by atoms with Crippen LogP contribution in [-0.4, -0.2) is 37.9 Å². The van der Waals surface area contributed by atoms with Crippen molar-refractivity contribution in [2.24, 2.45) is 0 Å². The van der Waals surface area contributed by atoms with Gasteiger partial charge in [0.15, 0.2) is 11.5 Å². The van der Waals surface area contributed by atoms with Crippen molar-refractivity contribution in [2.45, 2.75) is 11.9 Å². The van der Waals surface area contributed by atoms with Crippen LogP contribution in [0.25, 0.3) is 10.9 Å². The molecule has 2 rings (SSSR count).